The van der Waals surface area contributed by atoms with Crippen molar-refractivity contribution in [3.05, 3.63) is 41.0 Å². The van der Waals surface area contributed by atoms with Crippen molar-refractivity contribution in [1.29, 1.82) is 0 Å². The Morgan fingerprint density at radius 3 is 2.30 bits per heavy atom. The zero-order valence-corrected chi connectivity index (χ0v) is 27.8. The van der Waals surface area contributed by atoms with Crippen LogP contribution >= 0.6 is 0 Å². The van der Waals surface area contributed by atoms with E-state index in [0.717, 1.165) is 38.8 Å². The number of hydrogen-bond acceptors (Lipinski definition) is 10. The average molecular weight is 656 g/mol. The fraction of sp³-hybridized carbons (Fsp3) is 0.636. The van der Waals surface area contributed by atoms with Crippen molar-refractivity contribution in [2.45, 2.75) is 70.1 Å². The van der Waals surface area contributed by atoms with Crippen molar-refractivity contribution in [2.24, 2.45) is 17.8 Å². The number of carbonyl (C=O) groups is 4. The highest BCUT2D eigenvalue weighted by molar-refractivity contribution is 6.01. The van der Waals surface area contributed by atoms with E-state index in [9.17, 15) is 19.2 Å². The number of benzene rings is 1. The molecule has 13 nitrogen and oxygen atoms in total. The van der Waals surface area contributed by atoms with Gasteiger partial charge in [-0.2, -0.15) is 0 Å². The zero-order chi connectivity index (χ0) is 33.9. The number of amides is 3. The van der Waals surface area contributed by atoms with E-state index >= 15 is 4.39 Å². The molecule has 5 rings (SSSR count). The molecule has 1 unspecified atom stereocenters. The minimum Gasteiger partial charge on any atom is -0.370 e. The maximum atomic E-state index is 15.7. The summed E-state index contributed by atoms with van der Waals surface area (Å²) in [7, 11) is 3.43. The van der Waals surface area contributed by atoms with Gasteiger partial charge in [0, 0.05) is 45.8 Å². The second-order valence-corrected chi connectivity index (χ2v) is 13.5. The number of anilines is 1. The molecule has 3 fully saturated rings. The number of nitrogens with one attached hydrogen (secondary N) is 3. The lowest BCUT2D eigenvalue weighted by Gasteiger charge is -2.37. The monoisotopic (exact) mass is 655 g/mol. The first-order chi connectivity index (χ1) is 22.4. The van der Waals surface area contributed by atoms with E-state index < -0.39 is 41.2 Å². The predicted molar refractivity (Wildman–Crippen MR) is 170 cm³/mol. The molecule has 3 aliphatic rings. The van der Waals surface area contributed by atoms with Crippen molar-refractivity contribution < 1.29 is 32.9 Å². The maximum Gasteiger partial charge on any atom is 0.276 e. The number of aromatic nitrogens is 2. The number of ether oxygens (including phenoxy) is 1. The topological polar surface area (TPSA) is 159 Å². The molecular formula is C33H46FN7O6. The molecule has 0 spiro atoms. The minimum absolute atomic E-state index is 0.00547. The number of aldehydes is 1. The Kier molecular flexibility index (Phi) is 10.7. The van der Waals surface area contributed by atoms with Crippen molar-refractivity contribution in [3.8, 4) is 0 Å². The van der Waals surface area contributed by atoms with Crippen LogP contribution in [0.2, 0.25) is 0 Å². The smallest absolute Gasteiger partial charge is 0.276 e. The van der Waals surface area contributed by atoms with Crippen LogP contribution in [0.3, 0.4) is 0 Å². The molecule has 256 valence electrons. The molecule has 3 amide bonds. The van der Waals surface area contributed by atoms with Gasteiger partial charge >= 0.3 is 0 Å². The van der Waals surface area contributed by atoms with Gasteiger partial charge in [-0.25, -0.2) is 9.02 Å². The van der Waals surface area contributed by atoms with Gasteiger partial charge in [0.25, 0.3) is 5.91 Å². The third-order valence-corrected chi connectivity index (χ3v) is 9.90. The highest BCUT2D eigenvalue weighted by atomic mass is 19.1. The Morgan fingerprint density at radius 2 is 1.77 bits per heavy atom. The second kappa shape index (κ2) is 14.6. The van der Waals surface area contributed by atoms with Gasteiger partial charge in [-0.15, -0.1) is 0 Å². The number of halogens is 1. The SMILES string of the molecule is COC(C)(C=O)CN[C@@H](C(=O)N1CCN(C)CC1)[C@@H](C)c1ccc(NC(=O)[C@@H](NC(=O)c2nonc2C)C(C2CC2)C2CC2)c(F)c1. The van der Waals surface area contributed by atoms with Gasteiger partial charge in [0.2, 0.25) is 11.8 Å². The van der Waals surface area contributed by atoms with Crippen LogP contribution in [-0.2, 0) is 19.1 Å². The van der Waals surface area contributed by atoms with E-state index in [2.05, 4.69) is 35.8 Å². The minimum atomic E-state index is -1.15. The second-order valence-electron chi connectivity index (χ2n) is 13.5. The lowest BCUT2D eigenvalue weighted by atomic mass is 9.88. The standard InChI is InChI=1S/C33H46FN7O6/c1-19(27(35-17-33(3,18-42)46-5)32(45)41-14-12-40(4)13-15-41)23-10-11-25(24(34)16-23)36-31(44)29(26(21-6-7-21)22-8-9-22)37-30(43)28-20(2)38-47-39-28/h10-11,16,18-19,21-22,26-27,29,35H,6-9,12-15,17H2,1-5H3,(H,36,44)(H,37,43)/t19-,27+,29-,33?/m0/s1. The number of rotatable bonds is 15. The molecule has 2 saturated carbocycles. The molecule has 1 saturated heterocycles. The lowest BCUT2D eigenvalue weighted by Crippen LogP contribution is -2.57. The molecule has 1 aromatic carbocycles. The maximum absolute atomic E-state index is 15.7. The molecule has 0 bridgehead atoms. The zero-order valence-electron chi connectivity index (χ0n) is 27.8. The van der Waals surface area contributed by atoms with E-state index in [4.69, 9.17) is 4.74 Å². The fourth-order valence-corrected chi connectivity index (χ4v) is 6.37. The molecule has 3 N–H and O–H groups in total. The molecule has 4 atom stereocenters. The van der Waals surface area contributed by atoms with E-state index in [1.165, 1.54) is 19.2 Å². The van der Waals surface area contributed by atoms with E-state index in [-0.39, 0.29) is 29.8 Å². The van der Waals surface area contributed by atoms with Crippen LogP contribution in [0.15, 0.2) is 22.8 Å². The van der Waals surface area contributed by atoms with E-state index in [0.29, 0.717) is 42.5 Å². The van der Waals surface area contributed by atoms with Gasteiger partial charge in [0.15, 0.2) is 12.0 Å². The van der Waals surface area contributed by atoms with Crippen molar-refractivity contribution in [3.63, 3.8) is 0 Å². The number of carbonyl (C=O) groups excluding carboxylic acids is 4. The van der Waals surface area contributed by atoms with Gasteiger partial charge in [-0.1, -0.05) is 18.1 Å². The van der Waals surface area contributed by atoms with Crippen molar-refractivity contribution >= 4 is 29.7 Å². The molecule has 1 aliphatic heterocycles. The summed E-state index contributed by atoms with van der Waals surface area (Å²) in [6.45, 7) is 7.71. The van der Waals surface area contributed by atoms with Crippen LogP contribution in [0.1, 0.15) is 67.2 Å². The van der Waals surface area contributed by atoms with Crippen molar-refractivity contribution in [2.75, 3.05) is 52.2 Å². The molecule has 2 aromatic rings. The van der Waals surface area contributed by atoms with Crippen LogP contribution in [0.5, 0.6) is 0 Å². The van der Waals surface area contributed by atoms with Gasteiger partial charge in [0.05, 0.1) is 11.7 Å². The summed E-state index contributed by atoms with van der Waals surface area (Å²) in [6, 6.07) is 2.83. The number of methoxy groups -OCH3 is 1. The molecule has 1 aromatic heterocycles. The number of likely N-dealkylation sites (N-methyl/N-ethyl adjacent to an activating group) is 1. The van der Waals surface area contributed by atoms with Gasteiger partial charge in [-0.3, -0.25) is 14.4 Å². The summed E-state index contributed by atoms with van der Waals surface area (Å²) in [5, 5.41) is 16.1. The number of aryl methyl sites for hydroxylation is 1. The highest BCUT2D eigenvalue weighted by Crippen LogP contribution is 2.51. The molecule has 2 aliphatic carbocycles. The number of hydrogen-bond donors (Lipinski definition) is 3. The number of piperazine rings is 1. The third-order valence-electron chi connectivity index (χ3n) is 9.90. The van der Waals surface area contributed by atoms with Crippen LogP contribution in [-0.4, -0.2) is 109 Å². The summed E-state index contributed by atoms with van der Waals surface area (Å²) in [4.78, 5) is 56.3. The third kappa shape index (κ3) is 8.22. The number of nitrogens with zero attached hydrogens (tertiary/aromatic N) is 4. The van der Waals surface area contributed by atoms with Crippen LogP contribution in [0.25, 0.3) is 0 Å². The fourth-order valence-electron chi connectivity index (χ4n) is 6.37. The van der Waals surface area contributed by atoms with Crippen LogP contribution in [0, 0.1) is 30.5 Å². The van der Waals surface area contributed by atoms with Crippen LogP contribution < -0.4 is 16.0 Å². The van der Waals surface area contributed by atoms with Gasteiger partial charge < -0.3 is 35.3 Å². The summed E-state index contributed by atoms with van der Waals surface area (Å²) in [6.07, 6.45) is 4.60. The largest absolute Gasteiger partial charge is 0.370 e. The summed E-state index contributed by atoms with van der Waals surface area (Å²) < 4.78 is 25.8. The van der Waals surface area contributed by atoms with E-state index in [1.54, 1.807) is 24.8 Å². The van der Waals surface area contributed by atoms with Crippen molar-refractivity contribution in [1.82, 2.24) is 30.7 Å². The lowest BCUT2D eigenvalue weighted by molar-refractivity contribution is -0.136. The quantitative estimate of drug-likeness (QED) is 0.243. The average Bonchev–Trinajstić information content (AvgIpc) is 4.01. The molecular weight excluding hydrogens is 609 g/mol. The Bertz CT molecular complexity index is 1440. The molecule has 2 heterocycles. The Hall–Kier alpha value is -3.75. The first-order valence-corrected chi connectivity index (χ1v) is 16.4. The van der Waals surface area contributed by atoms with Crippen LogP contribution in [0.4, 0.5) is 10.1 Å². The normalized spacial score (nSPS) is 20.3. The Morgan fingerprint density at radius 1 is 1.11 bits per heavy atom. The summed E-state index contributed by atoms with van der Waals surface area (Å²) in [5.41, 5.74) is -0.321. The Labute approximate surface area is 274 Å². The van der Waals surface area contributed by atoms with E-state index in [1.807, 2.05) is 14.0 Å². The molecule has 0 radical (unpaired) electrons. The molecule has 47 heavy (non-hydrogen) atoms. The van der Waals surface area contributed by atoms with Gasteiger partial charge in [0.1, 0.15) is 23.2 Å². The first-order valence-electron chi connectivity index (χ1n) is 16.4. The first kappa shape index (κ1) is 34.6. The summed E-state index contributed by atoms with van der Waals surface area (Å²) >= 11 is 0. The van der Waals surface area contributed by atoms with Gasteiger partial charge in [-0.05, 0) is 87.2 Å². The Balaban J connectivity index is 1.34. The highest BCUT2D eigenvalue weighted by Gasteiger charge is 2.48. The molecule has 14 heteroatoms. The predicted octanol–water partition coefficient (Wildman–Crippen LogP) is 2.13. The summed E-state index contributed by atoms with van der Waals surface area (Å²) in [5.74, 6) is -1.83.